The number of amides is 2. The highest BCUT2D eigenvalue weighted by Crippen LogP contribution is 2.20. The second-order valence-corrected chi connectivity index (χ2v) is 4.99. The molecule has 0 aliphatic carbocycles. The van der Waals surface area contributed by atoms with E-state index in [9.17, 15) is 14.4 Å². The molecule has 1 aromatic carbocycles. The summed E-state index contributed by atoms with van der Waals surface area (Å²) in [5.41, 5.74) is -0.308. The van der Waals surface area contributed by atoms with E-state index in [0.717, 1.165) is 5.56 Å². The van der Waals surface area contributed by atoms with Crippen LogP contribution in [0, 0.1) is 0 Å². The van der Waals surface area contributed by atoms with Gasteiger partial charge in [-0.2, -0.15) is 0 Å². The molecular weight excluding hydrogens is 276 g/mol. The number of carboxylic acids is 1. The fraction of sp³-hybridized carbons (Fsp3) is 0.357. The average Bonchev–Trinajstić information content (AvgIpc) is 2.77. The maximum absolute atomic E-state index is 11.8. The minimum Gasteiger partial charge on any atom is -0.481 e. The van der Waals surface area contributed by atoms with Crippen molar-refractivity contribution in [2.24, 2.45) is 0 Å². The number of hydrogen-bond donors (Lipinski definition) is 3. The van der Waals surface area contributed by atoms with E-state index in [-0.39, 0.29) is 31.9 Å². The molecule has 1 heterocycles. The highest BCUT2D eigenvalue weighted by atomic mass is 16.5. The van der Waals surface area contributed by atoms with Crippen molar-refractivity contribution < 1.29 is 24.2 Å². The molecule has 7 nitrogen and oxygen atoms in total. The molecule has 1 aliphatic heterocycles. The molecule has 0 bridgehead atoms. The molecule has 3 N–H and O–H groups in total. The summed E-state index contributed by atoms with van der Waals surface area (Å²) in [5.74, 6) is -1.38. The van der Waals surface area contributed by atoms with Gasteiger partial charge < -0.3 is 20.5 Å². The third-order valence-corrected chi connectivity index (χ3v) is 3.19. The van der Waals surface area contributed by atoms with E-state index in [1.54, 1.807) is 12.1 Å². The SMILES string of the molecule is O=C(O)CC1(NC(=O)OCc2ccccc2)CNC(=O)C1. The molecule has 1 unspecified atom stereocenters. The number of carboxylic acid groups (broad SMARTS) is 1. The summed E-state index contributed by atoms with van der Waals surface area (Å²) >= 11 is 0. The van der Waals surface area contributed by atoms with Crippen molar-refractivity contribution in [1.82, 2.24) is 10.6 Å². The summed E-state index contributed by atoms with van der Waals surface area (Å²) < 4.78 is 5.05. The zero-order valence-electron chi connectivity index (χ0n) is 11.3. The minimum absolute atomic E-state index is 0.0697. The van der Waals surface area contributed by atoms with Crippen LogP contribution in [-0.2, 0) is 20.9 Å². The summed E-state index contributed by atoms with van der Waals surface area (Å²) in [6.45, 7) is 0.162. The van der Waals surface area contributed by atoms with Crippen LogP contribution in [0.2, 0.25) is 0 Å². The van der Waals surface area contributed by atoms with Gasteiger partial charge in [0.15, 0.2) is 0 Å². The van der Waals surface area contributed by atoms with Crippen molar-refractivity contribution in [1.29, 1.82) is 0 Å². The van der Waals surface area contributed by atoms with Gasteiger partial charge in [0.1, 0.15) is 6.61 Å². The van der Waals surface area contributed by atoms with Gasteiger partial charge in [-0.25, -0.2) is 4.79 Å². The lowest BCUT2D eigenvalue weighted by Gasteiger charge is -2.26. The summed E-state index contributed by atoms with van der Waals surface area (Å²) in [7, 11) is 0. The number of aliphatic carboxylic acids is 1. The third-order valence-electron chi connectivity index (χ3n) is 3.19. The predicted octanol–water partition coefficient (Wildman–Crippen LogP) is 0.646. The molecule has 0 radical (unpaired) electrons. The van der Waals surface area contributed by atoms with Gasteiger partial charge in [-0.3, -0.25) is 9.59 Å². The van der Waals surface area contributed by atoms with Crippen molar-refractivity contribution in [2.75, 3.05) is 6.54 Å². The molecule has 0 aromatic heterocycles. The molecule has 0 saturated carbocycles. The van der Waals surface area contributed by atoms with E-state index in [4.69, 9.17) is 9.84 Å². The Labute approximate surface area is 121 Å². The molecule has 2 amide bonds. The molecule has 1 aliphatic rings. The fourth-order valence-corrected chi connectivity index (χ4v) is 2.22. The Bertz CT molecular complexity index is 546. The van der Waals surface area contributed by atoms with Crippen LogP contribution in [0.5, 0.6) is 0 Å². The summed E-state index contributed by atoms with van der Waals surface area (Å²) in [6.07, 6.45) is -1.15. The first-order valence-electron chi connectivity index (χ1n) is 6.46. The number of benzene rings is 1. The van der Waals surface area contributed by atoms with Gasteiger partial charge in [-0.15, -0.1) is 0 Å². The number of hydrogen-bond acceptors (Lipinski definition) is 4. The zero-order chi connectivity index (χ0) is 15.3. The number of rotatable bonds is 5. The van der Waals surface area contributed by atoms with Gasteiger partial charge in [-0.05, 0) is 5.56 Å². The Kier molecular flexibility index (Phi) is 4.42. The van der Waals surface area contributed by atoms with Crippen molar-refractivity contribution in [3.8, 4) is 0 Å². The summed E-state index contributed by atoms with van der Waals surface area (Å²) in [5, 5.41) is 13.9. The average molecular weight is 292 g/mol. The first-order chi connectivity index (χ1) is 9.99. The maximum Gasteiger partial charge on any atom is 0.407 e. The van der Waals surface area contributed by atoms with Crippen LogP contribution in [0.3, 0.4) is 0 Å². The van der Waals surface area contributed by atoms with Gasteiger partial charge in [0, 0.05) is 6.54 Å². The number of nitrogens with one attached hydrogen (secondary N) is 2. The fourth-order valence-electron chi connectivity index (χ4n) is 2.22. The van der Waals surface area contributed by atoms with Crippen LogP contribution < -0.4 is 10.6 Å². The van der Waals surface area contributed by atoms with Crippen molar-refractivity contribution in [3.63, 3.8) is 0 Å². The monoisotopic (exact) mass is 292 g/mol. The van der Waals surface area contributed by atoms with E-state index >= 15 is 0 Å². The van der Waals surface area contributed by atoms with Crippen LogP contribution in [0.1, 0.15) is 18.4 Å². The van der Waals surface area contributed by atoms with Crippen LogP contribution in [-0.4, -0.2) is 35.2 Å². The molecule has 112 valence electrons. The standard InChI is InChI=1S/C14H16N2O5/c17-11-6-14(9-15-11,7-12(18)19)16-13(20)21-8-10-4-2-1-3-5-10/h1-5H,6-9H2,(H,15,17)(H,16,20)(H,18,19). The minimum atomic E-state index is -1.13. The lowest BCUT2D eigenvalue weighted by molar-refractivity contribution is -0.138. The number of alkyl carbamates (subject to hydrolysis) is 1. The van der Waals surface area contributed by atoms with Gasteiger partial charge in [0.2, 0.25) is 5.91 Å². The van der Waals surface area contributed by atoms with Gasteiger partial charge >= 0.3 is 12.1 Å². The molecule has 2 rings (SSSR count). The molecule has 21 heavy (non-hydrogen) atoms. The lowest BCUT2D eigenvalue weighted by atomic mass is 9.94. The topological polar surface area (TPSA) is 105 Å². The number of ether oxygens (including phenoxy) is 1. The number of carbonyl (C=O) groups excluding carboxylic acids is 2. The first-order valence-corrected chi connectivity index (χ1v) is 6.46. The van der Waals surface area contributed by atoms with Crippen LogP contribution in [0.15, 0.2) is 30.3 Å². The lowest BCUT2D eigenvalue weighted by Crippen LogP contribution is -2.51. The van der Waals surface area contributed by atoms with Gasteiger partial charge in [0.05, 0.1) is 18.4 Å². The van der Waals surface area contributed by atoms with E-state index < -0.39 is 17.6 Å². The molecule has 0 spiro atoms. The predicted molar refractivity (Wildman–Crippen MR) is 72.4 cm³/mol. The van der Waals surface area contributed by atoms with Gasteiger partial charge in [0.25, 0.3) is 0 Å². The molecule has 7 heteroatoms. The molecule has 1 atom stereocenters. The largest absolute Gasteiger partial charge is 0.481 e. The number of carbonyl (C=O) groups is 3. The van der Waals surface area contributed by atoms with Crippen molar-refractivity contribution in [2.45, 2.75) is 25.0 Å². The Morgan fingerprint density at radius 1 is 1.33 bits per heavy atom. The molecular formula is C14H16N2O5. The first kappa shape index (κ1) is 14.8. The van der Waals surface area contributed by atoms with Crippen molar-refractivity contribution >= 4 is 18.0 Å². The van der Waals surface area contributed by atoms with E-state index in [0.29, 0.717) is 0 Å². The Balaban J connectivity index is 1.92. The summed E-state index contributed by atoms with van der Waals surface area (Å²) in [4.78, 5) is 34.0. The van der Waals surface area contributed by atoms with E-state index in [1.807, 2.05) is 18.2 Å². The Hall–Kier alpha value is -2.57. The van der Waals surface area contributed by atoms with Crippen molar-refractivity contribution in [3.05, 3.63) is 35.9 Å². The highest BCUT2D eigenvalue weighted by molar-refractivity contribution is 5.84. The Morgan fingerprint density at radius 2 is 2.05 bits per heavy atom. The second-order valence-electron chi connectivity index (χ2n) is 4.99. The van der Waals surface area contributed by atoms with Gasteiger partial charge in [-0.1, -0.05) is 30.3 Å². The van der Waals surface area contributed by atoms with E-state index in [1.165, 1.54) is 0 Å². The van der Waals surface area contributed by atoms with E-state index in [2.05, 4.69) is 10.6 Å². The normalized spacial score (nSPS) is 20.7. The third kappa shape index (κ3) is 4.20. The quantitative estimate of drug-likeness (QED) is 0.739. The van der Waals surface area contributed by atoms with Crippen LogP contribution in [0.4, 0.5) is 4.79 Å². The highest BCUT2D eigenvalue weighted by Gasteiger charge is 2.42. The molecule has 1 saturated heterocycles. The second kappa shape index (κ2) is 6.25. The maximum atomic E-state index is 11.8. The Morgan fingerprint density at radius 3 is 2.62 bits per heavy atom. The smallest absolute Gasteiger partial charge is 0.407 e. The molecule has 1 fully saturated rings. The van der Waals surface area contributed by atoms with Crippen LogP contribution in [0.25, 0.3) is 0 Å². The zero-order valence-corrected chi connectivity index (χ0v) is 11.3. The summed E-state index contributed by atoms with van der Waals surface area (Å²) in [6, 6.07) is 9.10. The molecule has 1 aromatic rings. The van der Waals surface area contributed by atoms with Crippen LogP contribution >= 0.6 is 0 Å².